The van der Waals surface area contributed by atoms with Crippen LogP contribution in [0.5, 0.6) is 0 Å². The first-order chi connectivity index (χ1) is 13.4. The number of amides is 1. The molecule has 148 valence electrons. The first-order valence-corrected chi connectivity index (χ1v) is 9.79. The molecule has 0 aliphatic carbocycles. The summed E-state index contributed by atoms with van der Waals surface area (Å²) in [5, 5.41) is 12.2. The molecular weight excluding hydrogens is 401 g/mol. The van der Waals surface area contributed by atoms with E-state index in [1.54, 1.807) is 42.3 Å². The Labute approximate surface area is 173 Å². The maximum absolute atomic E-state index is 12.8. The van der Waals surface area contributed by atoms with Gasteiger partial charge in [0.1, 0.15) is 5.69 Å². The van der Waals surface area contributed by atoms with Crippen molar-refractivity contribution in [1.29, 1.82) is 0 Å². The summed E-state index contributed by atoms with van der Waals surface area (Å²) < 4.78 is 0. The largest absolute Gasteiger partial charge is 0.366 e. The molecule has 1 fully saturated rings. The average molecular weight is 422 g/mol. The van der Waals surface area contributed by atoms with Gasteiger partial charge in [-0.3, -0.25) is 14.9 Å². The SMILES string of the molecule is CN(Cc1ccc(Cl)c(Cl)c1)C(=O)C1CCN(c2ccccc2[N+](=O)[O-])CC1. The van der Waals surface area contributed by atoms with E-state index in [4.69, 9.17) is 23.2 Å². The molecule has 0 unspecified atom stereocenters. The molecule has 8 heteroatoms. The fourth-order valence-electron chi connectivity index (χ4n) is 3.55. The highest BCUT2D eigenvalue weighted by Gasteiger charge is 2.29. The van der Waals surface area contributed by atoms with Gasteiger partial charge in [-0.2, -0.15) is 0 Å². The van der Waals surface area contributed by atoms with Gasteiger partial charge in [-0.05, 0) is 36.6 Å². The van der Waals surface area contributed by atoms with Crippen molar-refractivity contribution >= 4 is 40.5 Å². The third kappa shape index (κ3) is 4.56. The fourth-order valence-corrected chi connectivity index (χ4v) is 3.88. The van der Waals surface area contributed by atoms with Gasteiger partial charge in [0.05, 0.1) is 15.0 Å². The summed E-state index contributed by atoms with van der Waals surface area (Å²) in [6.07, 6.45) is 1.33. The smallest absolute Gasteiger partial charge is 0.292 e. The number of carbonyl (C=O) groups is 1. The van der Waals surface area contributed by atoms with Crippen LogP contribution in [0.15, 0.2) is 42.5 Å². The van der Waals surface area contributed by atoms with E-state index in [9.17, 15) is 14.9 Å². The summed E-state index contributed by atoms with van der Waals surface area (Å²) in [7, 11) is 1.78. The highest BCUT2D eigenvalue weighted by Crippen LogP contribution is 2.31. The zero-order chi connectivity index (χ0) is 20.3. The molecule has 0 spiro atoms. The van der Waals surface area contributed by atoms with Crippen LogP contribution in [0.2, 0.25) is 10.0 Å². The summed E-state index contributed by atoms with van der Waals surface area (Å²) in [6, 6.07) is 12.1. The maximum Gasteiger partial charge on any atom is 0.292 e. The Morgan fingerprint density at radius 2 is 1.86 bits per heavy atom. The lowest BCUT2D eigenvalue weighted by Crippen LogP contribution is -2.41. The van der Waals surface area contributed by atoms with E-state index in [0.29, 0.717) is 48.2 Å². The topological polar surface area (TPSA) is 66.7 Å². The Kier molecular flexibility index (Phi) is 6.42. The highest BCUT2D eigenvalue weighted by atomic mass is 35.5. The number of nitrogens with zero attached hydrogens (tertiary/aromatic N) is 3. The van der Waals surface area contributed by atoms with Gasteiger partial charge >= 0.3 is 0 Å². The lowest BCUT2D eigenvalue weighted by atomic mass is 9.94. The Morgan fingerprint density at radius 1 is 1.18 bits per heavy atom. The number of benzene rings is 2. The summed E-state index contributed by atoms with van der Waals surface area (Å²) >= 11 is 12.0. The number of nitro groups is 1. The van der Waals surface area contributed by atoms with Crippen LogP contribution in [0.3, 0.4) is 0 Å². The quantitative estimate of drug-likeness (QED) is 0.514. The molecule has 28 heavy (non-hydrogen) atoms. The zero-order valence-corrected chi connectivity index (χ0v) is 17.0. The van der Waals surface area contributed by atoms with Crippen molar-refractivity contribution in [3.05, 3.63) is 68.2 Å². The van der Waals surface area contributed by atoms with Gasteiger partial charge in [-0.1, -0.05) is 41.4 Å². The molecule has 2 aromatic carbocycles. The summed E-state index contributed by atoms with van der Waals surface area (Å²) in [5.74, 6) is -0.0138. The van der Waals surface area contributed by atoms with Gasteiger partial charge in [0.25, 0.3) is 5.69 Å². The van der Waals surface area contributed by atoms with Crippen LogP contribution < -0.4 is 4.90 Å². The predicted molar refractivity (Wildman–Crippen MR) is 111 cm³/mol. The van der Waals surface area contributed by atoms with Crippen molar-refractivity contribution in [3.8, 4) is 0 Å². The van der Waals surface area contributed by atoms with Crippen LogP contribution in [-0.4, -0.2) is 35.9 Å². The summed E-state index contributed by atoms with van der Waals surface area (Å²) in [4.78, 5) is 27.4. The number of piperidine rings is 1. The van der Waals surface area contributed by atoms with Crippen molar-refractivity contribution in [2.75, 3.05) is 25.0 Å². The van der Waals surface area contributed by atoms with Crippen LogP contribution >= 0.6 is 23.2 Å². The fraction of sp³-hybridized carbons (Fsp3) is 0.350. The minimum absolute atomic E-state index is 0.0771. The third-order valence-electron chi connectivity index (χ3n) is 5.04. The van der Waals surface area contributed by atoms with Crippen LogP contribution in [0.25, 0.3) is 0 Å². The zero-order valence-electron chi connectivity index (χ0n) is 15.5. The molecule has 2 aromatic rings. The summed E-state index contributed by atoms with van der Waals surface area (Å²) in [6.45, 7) is 1.68. The minimum atomic E-state index is -0.363. The second-order valence-corrected chi connectivity index (χ2v) is 7.76. The molecule has 1 saturated heterocycles. The normalized spacial score (nSPS) is 14.8. The van der Waals surface area contributed by atoms with Crippen molar-refractivity contribution < 1.29 is 9.72 Å². The van der Waals surface area contributed by atoms with E-state index in [0.717, 1.165) is 5.56 Å². The number of anilines is 1. The van der Waals surface area contributed by atoms with E-state index >= 15 is 0 Å². The predicted octanol–water partition coefficient (Wildman–Crippen LogP) is 4.78. The molecule has 1 aliphatic heterocycles. The Balaban J connectivity index is 1.60. The molecule has 0 radical (unpaired) electrons. The third-order valence-corrected chi connectivity index (χ3v) is 5.78. The van der Waals surface area contributed by atoms with Gasteiger partial charge in [-0.15, -0.1) is 0 Å². The first-order valence-electron chi connectivity index (χ1n) is 9.04. The molecule has 3 rings (SSSR count). The van der Waals surface area contributed by atoms with E-state index in [-0.39, 0.29) is 22.4 Å². The van der Waals surface area contributed by atoms with Gasteiger partial charge in [0, 0.05) is 38.7 Å². The van der Waals surface area contributed by atoms with E-state index in [2.05, 4.69) is 0 Å². The molecule has 0 aromatic heterocycles. The Hall–Kier alpha value is -2.31. The highest BCUT2D eigenvalue weighted by molar-refractivity contribution is 6.42. The minimum Gasteiger partial charge on any atom is -0.366 e. The molecule has 0 atom stereocenters. The van der Waals surface area contributed by atoms with Crippen LogP contribution in [0.1, 0.15) is 18.4 Å². The van der Waals surface area contributed by atoms with Crippen molar-refractivity contribution in [2.24, 2.45) is 5.92 Å². The second kappa shape index (κ2) is 8.80. The molecule has 0 bridgehead atoms. The molecule has 1 aliphatic rings. The van der Waals surface area contributed by atoms with Gasteiger partial charge in [0.2, 0.25) is 5.91 Å². The van der Waals surface area contributed by atoms with Gasteiger partial charge in [0.15, 0.2) is 0 Å². The number of para-hydroxylation sites is 2. The molecule has 0 N–H and O–H groups in total. The lowest BCUT2D eigenvalue weighted by molar-refractivity contribution is -0.384. The number of hydrogen-bond donors (Lipinski definition) is 0. The molecule has 0 saturated carbocycles. The molecule has 1 amide bonds. The number of hydrogen-bond acceptors (Lipinski definition) is 4. The monoisotopic (exact) mass is 421 g/mol. The molecule has 6 nitrogen and oxygen atoms in total. The number of carbonyl (C=O) groups excluding carboxylic acids is 1. The van der Waals surface area contributed by atoms with Crippen molar-refractivity contribution in [2.45, 2.75) is 19.4 Å². The summed E-state index contributed by atoms with van der Waals surface area (Å²) in [5.41, 5.74) is 1.63. The van der Waals surface area contributed by atoms with Crippen molar-refractivity contribution in [3.63, 3.8) is 0 Å². The maximum atomic E-state index is 12.8. The molecule has 1 heterocycles. The number of nitro benzene ring substituents is 1. The van der Waals surface area contributed by atoms with Crippen LogP contribution in [-0.2, 0) is 11.3 Å². The standard InChI is InChI=1S/C20H21Cl2N3O3/c1-23(13-14-6-7-16(21)17(22)12-14)20(26)15-8-10-24(11-9-15)18-4-2-3-5-19(18)25(27)28/h2-7,12,15H,8-11,13H2,1H3. The van der Waals surface area contributed by atoms with Gasteiger partial charge in [-0.25, -0.2) is 0 Å². The Bertz CT molecular complexity index is 883. The van der Waals surface area contributed by atoms with Gasteiger partial charge < -0.3 is 9.80 Å². The average Bonchev–Trinajstić information content (AvgIpc) is 2.70. The molecular formula is C20H21Cl2N3O3. The van der Waals surface area contributed by atoms with E-state index in [1.807, 2.05) is 11.0 Å². The van der Waals surface area contributed by atoms with Crippen LogP contribution in [0, 0.1) is 16.0 Å². The lowest BCUT2D eigenvalue weighted by Gasteiger charge is -2.34. The first kappa shape index (κ1) is 20.4. The van der Waals surface area contributed by atoms with E-state index < -0.39 is 0 Å². The number of rotatable bonds is 5. The number of halogens is 2. The Morgan fingerprint density at radius 3 is 2.50 bits per heavy atom. The second-order valence-electron chi connectivity index (χ2n) is 6.95. The van der Waals surface area contributed by atoms with E-state index in [1.165, 1.54) is 6.07 Å². The van der Waals surface area contributed by atoms with Crippen LogP contribution in [0.4, 0.5) is 11.4 Å². The van der Waals surface area contributed by atoms with Crippen molar-refractivity contribution in [1.82, 2.24) is 4.90 Å².